The molecule has 2 atom stereocenters. The number of nitrogens with two attached hydrogens (primary N) is 2. The molecule has 1 unspecified atom stereocenters. The van der Waals surface area contributed by atoms with E-state index in [-0.39, 0.29) is 18.1 Å². The Bertz CT molecular complexity index is 180. The van der Waals surface area contributed by atoms with E-state index >= 15 is 0 Å². The summed E-state index contributed by atoms with van der Waals surface area (Å²) in [7, 11) is 0. The Kier molecular flexibility index (Phi) is 4.51. The highest BCUT2D eigenvalue weighted by atomic mass is 16.1. The Morgan fingerprint density at radius 1 is 1.42 bits per heavy atom. The molecule has 0 spiro atoms. The van der Waals surface area contributed by atoms with Crippen LogP contribution in [0.15, 0.2) is 0 Å². The monoisotopic (exact) mass is 172 g/mol. The van der Waals surface area contributed by atoms with Crippen molar-refractivity contribution in [2.24, 2.45) is 17.4 Å². The van der Waals surface area contributed by atoms with Gasteiger partial charge >= 0.3 is 0 Å². The van der Waals surface area contributed by atoms with Crippen LogP contribution in [0.1, 0.15) is 26.7 Å². The van der Waals surface area contributed by atoms with Crippen LogP contribution in [0.25, 0.3) is 0 Å². The van der Waals surface area contributed by atoms with E-state index in [1.54, 1.807) is 6.92 Å². The lowest BCUT2D eigenvalue weighted by Crippen LogP contribution is -2.38. The molecule has 0 aromatic carbocycles. The molecule has 4 N–H and O–H groups in total. The van der Waals surface area contributed by atoms with E-state index in [0.717, 1.165) is 6.42 Å². The first kappa shape index (κ1) is 11.1. The smallest absolute Gasteiger partial charge is 0.219 e. The third-order valence-corrected chi connectivity index (χ3v) is 1.88. The van der Waals surface area contributed by atoms with Gasteiger partial charge in [0.25, 0.3) is 0 Å². The summed E-state index contributed by atoms with van der Waals surface area (Å²) in [5.41, 5.74) is 10.3. The summed E-state index contributed by atoms with van der Waals surface area (Å²) in [5.74, 6) is -0.699. The van der Waals surface area contributed by atoms with E-state index in [9.17, 15) is 9.59 Å². The van der Waals surface area contributed by atoms with Gasteiger partial charge in [-0.05, 0) is 6.42 Å². The molecular weight excluding hydrogens is 156 g/mol. The Morgan fingerprint density at radius 2 is 1.92 bits per heavy atom. The average molecular weight is 172 g/mol. The molecule has 4 nitrogen and oxygen atoms in total. The molecule has 0 heterocycles. The van der Waals surface area contributed by atoms with Crippen LogP contribution >= 0.6 is 0 Å². The zero-order valence-corrected chi connectivity index (χ0v) is 7.54. The van der Waals surface area contributed by atoms with E-state index < -0.39 is 11.9 Å². The van der Waals surface area contributed by atoms with Gasteiger partial charge < -0.3 is 11.5 Å². The number of carbonyl (C=O) groups excluding carboxylic acids is 2. The fraction of sp³-hybridized carbons (Fsp3) is 0.750. The second-order valence-electron chi connectivity index (χ2n) is 2.99. The van der Waals surface area contributed by atoms with E-state index in [2.05, 4.69) is 0 Å². The van der Waals surface area contributed by atoms with Crippen LogP contribution in [0.2, 0.25) is 0 Å². The molecule has 1 amide bonds. The minimum Gasteiger partial charge on any atom is -0.370 e. The molecule has 0 aliphatic rings. The Hall–Kier alpha value is -0.900. The predicted octanol–water partition coefficient (Wildman–Crippen LogP) is -0.196. The standard InChI is InChI=1S/C8H16N2O2/c1-3-5(2)8(12)6(9)4-7(10)11/h5-6H,3-4,9H2,1-2H3,(H2,10,11)/t5?,6-/m1/s1. The quantitative estimate of drug-likeness (QED) is 0.602. The van der Waals surface area contributed by atoms with Crippen molar-refractivity contribution < 1.29 is 9.59 Å². The molecule has 70 valence electrons. The first-order chi connectivity index (χ1) is 5.49. The zero-order valence-electron chi connectivity index (χ0n) is 7.54. The Labute approximate surface area is 72.3 Å². The highest BCUT2D eigenvalue weighted by molar-refractivity contribution is 5.90. The summed E-state index contributed by atoms with van der Waals surface area (Å²) >= 11 is 0. The molecule has 0 aromatic rings. The van der Waals surface area contributed by atoms with Crippen LogP contribution in [0.3, 0.4) is 0 Å². The molecular formula is C8H16N2O2. The maximum absolute atomic E-state index is 11.3. The third kappa shape index (κ3) is 3.48. The number of rotatable bonds is 5. The van der Waals surface area contributed by atoms with Crippen molar-refractivity contribution in [1.82, 2.24) is 0 Å². The first-order valence-corrected chi connectivity index (χ1v) is 4.06. The average Bonchev–Trinajstić information content (AvgIpc) is 2.00. The van der Waals surface area contributed by atoms with Crippen molar-refractivity contribution in [1.29, 1.82) is 0 Å². The van der Waals surface area contributed by atoms with Gasteiger partial charge in [-0.2, -0.15) is 0 Å². The largest absolute Gasteiger partial charge is 0.370 e. The molecule has 0 aliphatic heterocycles. The van der Waals surface area contributed by atoms with Crippen molar-refractivity contribution in [3.05, 3.63) is 0 Å². The number of Topliss-reactive ketones (excluding diaryl/α,β-unsaturated/α-hetero) is 1. The Balaban J connectivity index is 4.01. The summed E-state index contributed by atoms with van der Waals surface area (Å²) < 4.78 is 0. The van der Waals surface area contributed by atoms with Crippen molar-refractivity contribution >= 4 is 11.7 Å². The number of primary amides is 1. The maximum Gasteiger partial charge on any atom is 0.219 e. The van der Waals surface area contributed by atoms with Crippen LogP contribution in [0.5, 0.6) is 0 Å². The van der Waals surface area contributed by atoms with Crippen molar-refractivity contribution in [3.63, 3.8) is 0 Å². The van der Waals surface area contributed by atoms with Crippen LogP contribution in [-0.4, -0.2) is 17.7 Å². The van der Waals surface area contributed by atoms with E-state index in [0.29, 0.717) is 0 Å². The van der Waals surface area contributed by atoms with Crippen molar-refractivity contribution in [2.45, 2.75) is 32.7 Å². The van der Waals surface area contributed by atoms with E-state index in [1.165, 1.54) is 0 Å². The minimum atomic E-state index is -0.725. The zero-order chi connectivity index (χ0) is 9.72. The lowest BCUT2D eigenvalue weighted by Gasteiger charge is -2.12. The topological polar surface area (TPSA) is 86.2 Å². The van der Waals surface area contributed by atoms with Crippen LogP contribution < -0.4 is 11.5 Å². The van der Waals surface area contributed by atoms with Gasteiger partial charge in [0.15, 0.2) is 5.78 Å². The second kappa shape index (κ2) is 4.87. The highest BCUT2D eigenvalue weighted by Gasteiger charge is 2.20. The fourth-order valence-electron chi connectivity index (χ4n) is 0.884. The third-order valence-electron chi connectivity index (χ3n) is 1.88. The summed E-state index contributed by atoms with van der Waals surface area (Å²) in [4.78, 5) is 21.7. The van der Waals surface area contributed by atoms with Gasteiger partial charge in [-0.3, -0.25) is 9.59 Å². The van der Waals surface area contributed by atoms with Crippen molar-refractivity contribution in [2.75, 3.05) is 0 Å². The normalized spacial score (nSPS) is 15.2. The van der Waals surface area contributed by atoms with Gasteiger partial charge in [-0.1, -0.05) is 13.8 Å². The number of hydrogen-bond donors (Lipinski definition) is 2. The predicted molar refractivity (Wildman–Crippen MR) is 46.2 cm³/mol. The molecule has 0 saturated carbocycles. The molecule has 12 heavy (non-hydrogen) atoms. The van der Waals surface area contributed by atoms with E-state index in [4.69, 9.17) is 11.5 Å². The van der Waals surface area contributed by atoms with Crippen molar-refractivity contribution in [3.8, 4) is 0 Å². The fourth-order valence-corrected chi connectivity index (χ4v) is 0.884. The molecule has 0 radical (unpaired) electrons. The summed E-state index contributed by atoms with van der Waals surface area (Å²) in [5, 5.41) is 0. The van der Waals surface area contributed by atoms with Gasteiger partial charge in [-0.25, -0.2) is 0 Å². The van der Waals surface area contributed by atoms with E-state index in [1.807, 2.05) is 6.92 Å². The van der Waals surface area contributed by atoms with Gasteiger partial charge in [0, 0.05) is 12.3 Å². The molecule has 0 fully saturated rings. The summed E-state index contributed by atoms with van der Waals surface area (Å²) in [6.07, 6.45) is 0.689. The number of ketones is 1. The van der Waals surface area contributed by atoms with Gasteiger partial charge in [0.05, 0.1) is 6.04 Å². The summed E-state index contributed by atoms with van der Waals surface area (Å²) in [6, 6.07) is -0.725. The van der Waals surface area contributed by atoms with Gasteiger partial charge in [-0.15, -0.1) is 0 Å². The molecule has 0 rings (SSSR count). The summed E-state index contributed by atoms with van der Waals surface area (Å²) in [6.45, 7) is 3.70. The lowest BCUT2D eigenvalue weighted by atomic mass is 9.96. The lowest BCUT2D eigenvalue weighted by molar-refractivity contribution is -0.127. The highest BCUT2D eigenvalue weighted by Crippen LogP contribution is 2.05. The molecule has 0 aliphatic carbocycles. The molecule has 0 bridgehead atoms. The molecule has 4 heteroatoms. The first-order valence-electron chi connectivity index (χ1n) is 4.06. The SMILES string of the molecule is CCC(C)C(=O)[C@H](N)CC(N)=O. The number of carbonyl (C=O) groups is 2. The molecule has 0 aromatic heterocycles. The van der Waals surface area contributed by atoms with Crippen LogP contribution in [0, 0.1) is 5.92 Å². The number of hydrogen-bond acceptors (Lipinski definition) is 3. The second-order valence-corrected chi connectivity index (χ2v) is 2.99. The number of amides is 1. The van der Waals surface area contributed by atoms with Crippen LogP contribution in [0.4, 0.5) is 0 Å². The molecule has 0 saturated heterocycles. The minimum absolute atomic E-state index is 0.0524. The van der Waals surface area contributed by atoms with Gasteiger partial charge in [0.2, 0.25) is 5.91 Å². The van der Waals surface area contributed by atoms with Crippen LogP contribution in [-0.2, 0) is 9.59 Å². The Morgan fingerprint density at radius 3 is 2.25 bits per heavy atom. The van der Waals surface area contributed by atoms with Gasteiger partial charge in [0.1, 0.15) is 0 Å². The maximum atomic E-state index is 11.3.